The van der Waals surface area contributed by atoms with Crippen molar-refractivity contribution in [3.8, 4) is 0 Å². The van der Waals surface area contributed by atoms with Gasteiger partial charge in [0.2, 0.25) is 0 Å². The Bertz CT molecular complexity index is 528. The average Bonchev–Trinajstić information content (AvgIpc) is 2.75. The zero-order valence-corrected chi connectivity index (χ0v) is 9.95. The number of β-amino-alcohol motifs (C(OH)–C–C–N with tert-alkyl or cyclic N) is 1. The molecule has 1 fully saturated rings. The van der Waals surface area contributed by atoms with Crippen LogP contribution in [0.3, 0.4) is 0 Å². The first kappa shape index (κ1) is 11.6. The van der Waals surface area contributed by atoms with E-state index in [0.29, 0.717) is 26.3 Å². The van der Waals surface area contributed by atoms with Crippen molar-refractivity contribution in [2.75, 3.05) is 26.3 Å². The molecule has 1 saturated heterocycles. The van der Waals surface area contributed by atoms with Gasteiger partial charge in [0.1, 0.15) is 11.0 Å². The molecule has 18 heavy (non-hydrogen) atoms. The highest BCUT2D eigenvalue weighted by Crippen LogP contribution is 2.17. The second-order valence-corrected chi connectivity index (χ2v) is 4.51. The highest BCUT2D eigenvalue weighted by Gasteiger charge is 2.18. The van der Waals surface area contributed by atoms with Crippen LogP contribution in [-0.4, -0.2) is 52.7 Å². The summed E-state index contributed by atoms with van der Waals surface area (Å²) in [5, 5.41) is 17.4. The number of hydrogen-bond donors (Lipinski definition) is 1. The second kappa shape index (κ2) is 5.01. The van der Waals surface area contributed by atoms with Gasteiger partial charge in [-0.1, -0.05) is 12.1 Å². The van der Waals surface area contributed by atoms with Gasteiger partial charge >= 0.3 is 0 Å². The molecular weight excluding hydrogens is 234 g/mol. The molecule has 1 N–H and O–H groups in total. The van der Waals surface area contributed by atoms with E-state index >= 15 is 0 Å². The first-order valence-corrected chi connectivity index (χ1v) is 6.01. The van der Waals surface area contributed by atoms with Crippen molar-refractivity contribution in [1.82, 2.24) is 15.2 Å². The summed E-state index contributed by atoms with van der Waals surface area (Å²) < 4.78 is 10.1. The van der Waals surface area contributed by atoms with Gasteiger partial charge in [-0.2, -0.15) is 0 Å². The number of benzene rings is 1. The third-order valence-corrected chi connectivity index (χ3v) is 3.09. The Morgan fingerprint density at radius 3 is 3.28 bits per heavy atom. The quantitative estimate of drug-likeness (QED) is 0.831. The van der Waals surface area contributed by atoms with Gasteiger partial charge in [0.15, 0.2) is 0 Å². The number of fused-ring (bicyclic) bond motifs is 1. The molecule has 0 saturated carbocycles. The highest BCUT2D eigenvalue weighted by molar-refractivity contribution is 5.76. The van der Waals surface area contributed by atoms with Crippen molar-refractivity contribution in [1.29, 1.82) is 0 Å². The van der Waals surface area contributed by atoms with E-state index in [4.69, 9.17) is 9.37 Å². The number of nitrogens with zero attached hydrogens (tertiary/aromatic N) is 3. The summed E-state index contributed by atoms with van der Waals surface area (Å²) in [6.45, 7) is 3.18. The van der Waals surface area contributed by atoms with Crippen LogP contribution >= 0.6 is 0 Å². The Morgan fingerprint density at radius 1 is 1.39 bits per heavy atom. The SMILES string of the molecule is O[C@H]1COCCN(Cc2cccc3nonc23)C1. The standard InChI is InChI=1S/C12H15N3O3/c16-10-7-15(4-5-17-8-10)6-9-2-1-3-11-12(9)14-18-13-11/h1-3,10,16H,4-8H2/t10-/m1/s1. The second-order valence-electron chi connectivity index (χ2n) is 4.51. The zero-order valence-electron chi connectivity index (χ0n) is 9.95. The van der Waals surface area contributed by atoms with Crippen LogP contribution in [-0.2, 0) is 11.3 Å². The van der Waals surface area contributed by atoms with Gasteiger partial charge in [0.25, 0.3) is 0 Å². The molecule has 0 bridgehead atoms. The molecule has 96 valence electrons. The molecule has 1 aliphatic heterocycles. The van der Waals surface area contributed by atoms with Crippen LogP contribution in [0.1, 0.15) is 5.56 Å². The summed E-state index contributed by atoms with van der Waals surface area (Å²) in [5.74, 6) is 0. The fraction of sp³-hybridized carbons (Fsp3) is 0.500. The van der Waals surface area contributed by atoms with E-state index in [0.717, 1.165) is 23.1 Å². The average molecular weight is 249 g/mol. The molecular formula is C12H15N3O3. The van der Waals surface area contributed by atoms with Crippen LogP contribution in [0.25, 0.3) is 11.0 Å². The minimum Gasteiger partial charge on any atom is -0.389 e. The van der Waals surface area contributed by atoms with Gasteiger partial charge in [-0.15, -0.1) is 0 Å². The third-order valence-electron chi connectivity index (χ3n) is 3.09. The molecule has 1 aliphatic rings. The maximum absolute atomic E-state index is 9.70. The van der Waals surface area contributed by atoms with E-state index in [1.165, 1.54) is 0 Å². The monoisotopic (exact) mass is 249 g/mol. The Kier molecular flexibility index (Phi) is 3.22. The van der Waals surface area contributed by atoms with Gasteiger partial charge < -0.3 is 9.84 Å². The molecule has 1 atom stereocenters. The molecule has 0 aliphatic carbocycles. The van der Waals surface area contributed by atoms with Gasteiger partial charge in [-0.25, -0.2) is 4.63 Å². The van der Waals surface area contributed by atoms with Crippen molar-refractivity contribution in [2.24, 2.45) is 0 Å². The van der Waals surface area contributed by atoms with E-state index in [1.807, 2.05) is 18.2 Å². The predicted molar refractivity (Wildman–Crippen MR) is 63.9 cm³/mol. The number of hydrogen-bond acceptors (Lipinski definition) is 6. The van der Waals surface area contributed by atoms with Gasteiger partial charge in [-0.3, -0.25) is 4.90 Å². The molecule has 0 spiro atoms. The van der Waals surface area contributed by atoms with Crippen LogP contribution in [0.2, 0.25) is 0 Å². The van der Waals surface area contributed by atoms with Crippen LogP contribution in [0.4, 0.5) is 0 Å². The van der Waals surface area contributed by atoms with Gasteiger partial charge in [0.05, 0.1) is 19.3 Å². The maximum atomic E-state index is 9.70. The number of rotatable bonds is 2. The lowest BCUT2D eigenvalue weighted by atomic mass is 10.1. The molecule has 1 aromatic heterocycles. The van der Waals surface area contributed by atoms with E-state index in [9.17, 15) is 5.11 Å². The number of aliphatic hydroxyl groups excluding tert-OH is 1. The molecule has 2 heterocycles. The Labute approximate surface area is 104 Å². The molecule has 0 amide bonds. The van der Waals surface area contributed by atoms with Gasteiger partial charge in [-0.05, 0) is 21.9 Å². The number of aliphatic hydroxyl groups is 1. The lowest BCUT2D eigenvalue weighted by Crippen LogP contribution is -2.32. The van der Waals surface area contributed by atoms with Crippen molar-refractivity contribution in [3.05, 3.63) is 23.8 Å². The molecule has 6 heteroatoms. The van der Waals surface area contributed by atoms with Crippen molar-refractivity contribution in [2.45, 2.75) is 12.6 Å². The summed E-state index contributed by atoms with van der Waals surface area (Å²) in [5.41, 5.74) is 2.61. The fourth-order valence-corrected chi connectivity index (χ4v) is 2.23. The zero-order chi connectivity index (χ0) is 12.4. The van der Waals surface area contributed by atoms with Crippen molar-refractivity contribution >= 4 is 11.0 Å². The topological polar surface area (TPSA) is 71.6 Å². The minimum absolute atomic E-state index is 0.409. The summed E-state index contributed by atoms with van der Waals surface area (Å²) in [6.07, 6.45) is -0.429. The summed E-state index contributed by atoms with van der Waals surface area (Å²) in [7, 11) is 0. The van der Waals surface area contributed by atoms with Gasteiger partial charge in [0, 0.05) is 19.6 Å². The summed E-state index contributed by atoms with van der Waals surface area (Å²) >= 11 is 0. The van der Waals surface area contributed by atoms with Crippen LogP contribution < -0.4 is 0 Å². The fourth-order valence-electron chi connectivity index (χ4n) is 2.23. The lowest BCUT2D eigenvalue weighted by molar-refractivity contribution is 0.0562. The smallest absolute Gasteiger partial charge is 0.139 e. The van der Waals surface area contributed by atoms with E-state index in [1.54, 1.807) is 0 Å². The number of aromatic nitrogens is 2. The Balaban J connectivity index is 1.80. The third kappa shape index (κ3) is 2.35. The van der Waals surface area contributed by atoms with Crippen LogP contribution in [0.5, 0.6) is 0 Å². The lowest BCUT2D eigenvalue weighted by Gasteiger charge is -2.20. The maximum Gasteiger partial charge on any atom is 0.139 e. The minimum atomic E-state index is -0.429. The van der Waals surface area contributed by atoms with E-state index in [2.05, 4.69) is 15.2 Å². The van der Waals surface area contributed by atoms with Crippen molar-refractivity contribution < 1.29 is 14.5 Å². The highest BCUT2D eigenvalue weighted by atomic mass is 16.6. The summed E-state index contributed by atoms with van der Waals surface area (Å²) in [4.78, 5) is 2.15. The largest absolute Gasteiger partial charge is 0.389 e. The molecule has 0 unspecified atom stereocenters. The predicted octanol–water partition coefficient (Wildman–Crippen LogP) is 0.416. The Hall–Kier alpha value is -1.50. The molecule has 3 rings (SSSR count). The number of ether oxygens (including phenoxy) is 1. The first-order chi connectivity index (χ1) is 8.83. The van der Waals surface area contributed by atoms with E-state index in [-0.39, 0.29) is 0 Å². The normalized spacial score (nSPS) is 22.2. The Morgan fingerprint density at radius 2 is 2.33 bits per heavy atom. The summed E-state index contributed by atoms with van der Waals surface area (Å²) in [6, 6.07) is 5.81. The van der Waals surface area contributed by atoms with Crippen LogP contribution in [0, 0.1) is 0 Å². The molecule has 0 radical (unpaired) electrons. The first-order valence-electron chi connectivity index (χ1n) is 6.01. The van der Waals surface area contributed by atoms with Crippen LogP contribution in [0.15, 0.2) is 22.8 Å². The molecule has 6 nitrogen and oxygen atoms in total. The molecule has 2 aromatic rings. The van der Waals surface area contributed by atoms with Crippen molar-refractivity contribution in [3.63, 3.8) is 0 Å². The van der Waals surface area contributed by atoms with E-state index < -0.39 is 6.10 Å². The molecule has 1 aromatic carbocycles.